The summed E-state index contributed by atoms with van der Waals surface area (Å²) in [7, 11) is 0. The standard InChI is InChI=1S/C13H15N3/c14-13-15-8-12(16-13)11-6-5-9-3-1-2-4-10(9)7-11/h5-8H,1-4H2,(H3,14,15,16). The number of rotatable bonds is 1. The first-order valence-corrected chi connectivity index (χ1v) is 5.75. The van der Waals surface area contributed by atoms with Gasteiger partial charge in [-0.05, 0) is 48.4 Å². The van der Waals surface area contributed by atoms with Crippen LogP contribution in [-0.2, 0) is 12.8 Å². The fourth-order valence-electron chi connectivity index (χ4n) is 2.38. The lowest BCUT2D eigenvalue weighted by atomic mass is 9.90. The molecule has 0 saturated heterocycles. The zero-order valence-corrected chi connectivity index (χ0v) is 9.16. The topological polar surface area (TPSA) is 54.7 Å². The zero-order chi connectivity index (χ0) is 11.0. The third kappa shape index (κ3) is 1.58. The van der Waals surface area contributed by atoms with E-state index < -0.39 is 0 Å². The molecule has 0 saturated carbocycles. The van der Waals surface area contributed by atoms with Gasteiger partial charge in [-0.1, -0.05) is 12.1 Å². The molecule has 82 valence electrons. The van der Waals surface area contributed by atoms with E-state index in [2.05, 4.69) is 28.2 Å². The second-order valence-electron chi connectivity index (χ2n) is 4.37. The van der Waals surface area contributed by atoms with Crippen molar-refractivity contribution in [2.24, 2.45) is 0 Å². The number of imidazole rings is 1. The molecule has 0 radical (unpaired) electrons. The molecule has 1 aliphatic carbocycles. The number of anilines is 1. The van der Waals surface area contributed by atoms with Gasteiger partial charge < -0.3 is 10.7 Å². The fourth-order valence-corrected chi connectivity index (χ4v) is 2.38. The molecule has 0 atom stereocenters. The highest BCUT2D eigenvalue weighted by Crippen LogP contribution is 2.26. The molecule has 2 aromatic rings. The molecule has 0 aliphatic heterocycles. The lowest BCUT2D eigenvalue weighted by molar-refractivity contribution is 0.686. The minimum atomic E-state index is 0.479. The lowest BCUT2D eigenvalue weighted by Gasteiger charge is -2.16. The number of benzene rings is 1. The monoisotopic (exact) mass is 213 g/mol. The SMILES string of the molecule is Nc1ncc(-c2ccc3c(c2)CCCC3)[nH]1. The van der Waals surface area contributed by atoms with Crippen LogP contribution in [0.4, 0.5) is 5.95 Å². The molecule has 3 nitrogen and oxygen atoms in total. The number of aryl methyl sites for hydroxylation is 2. The van der Waals surface area contributed by atoms with Gasteiger partial charge in [-0.25, -0.2) is 4.98 Å². The third-order valence-electron chi connectivity index (χ3n) is 3.25. The zero-order valence-electron chi connectivity index (χ0n) is 9.16. The normalized spacial score (nSPS) is 14.8. The summed E-state index contributed by atoms with van der Waals surface area (Å²) in [6.07, 6.45) is 6.85. The Labute approximate surface area is 94.7 Å². The lowest BCUT2D eigenvalue weighted by Crippen LogP contribution is -2.02. The smallest absolute Gasteiger partial charge is 0.197 e. The molecule has 3 N–H and O–H groups in total. The van der Waals surface area contributed by atoms with Crippen LogP contribution in [0.15, 0.2) is 24.4 Å². The van der Waals surface area contributed by atoms with Crippen LogP contribution in [-0.4, -0.2) is 9.97 Å². The largest absolute Gasteiger partial charge is 0.369 e. The maximum Gasteiger partial charge on any atom is 0.197 e. The molecule has 3 rings (SSSR count). The minimum absolute atomic E-state index is 0.479. The Hall–Kier alpha value is -1.77. The van der Waals surface area contributed by atoms with E-state index in [9.17, 15) is 0 Å². The molecular weight excluding hydrogens is 198 g/mol. The Morgan fingerprint density at radius 1 is 1.12 bits per heavy atom. The Balaban J connectivity index is 2.02. The molecule has 0 unspecified atom stereocenters. The van der Waals surface area contributed by atoms with Crippen molar-refractivity contribution < 1.29 is 0 Å². The van der Waals surface area contributed by atoms with Crippen LogP contribution in [0, 0.1) is 0 Å². The highest BCUT2D eigenvalue weighted by atomic mass is 15.0. The number of aromatic nitrogens is 2. The van der Waals surface area contributed by atoms with Crippen LogP contribution < -0.4 is 5.73 Å². The summed E-state index contributed by atoms with van der Waals surface area (Å²) in [5.74, 6) is 0.479. The van der Waals surface area contributed by atoms with E-state index in [4.69, 9.17) is 5.73 Å². The first kappa shape index (κ1) is 9.46. The van der Waals surface area contributed by atoms with Crippen LogP contribution in [0.2, 0.25) is 0 Å². The van der Waals surface area contributed by atoms with Crippen molar-refractivity contribution in [3.63, 3.8) is 0 Å². The number of nitrogens with zero attached hydrogens (tertiary/aromatic N) is 1. The summed E-state index contributed by atoms with van der Waals surface area (Å²) < 4.78 is 0. The highest BCUT2D eigenvalue weighted by molar-refractivity contribution is 5.62. The molecular formula is C13H15N3. The van der Waals surface area contributed by atoms with Gasteiger partial charge in [0.2, 0.25) is 0 Å². The molecule has 1 heterocycles. The van der Waals surface area contributed by atoms with E-state index >= 15 is 0 Å². The number of aromatic amines is 1. The number of nitrogen functional groups attached to an aromatic ring is 1. The van der Waals surface area contributed by atoms with Gasteiger partial charge in [0.1, 0.15) is 0 Å². The van der Waals surface area contributed by atoms with Crippen LogP contribution in [0.5, 0.6) is 0 Å². The van der Waals surface area contributed by atoms with Crippen molar-refractivity contribution >= 4 is 5.95 Å². The summed E-state index contributed by atoms with van der Waals surface area (Å²) in [6, 6.07) is 6.65. The predicted octanol–water partition coefficient (Wildman–Crippen LogP) is 2.54. The van der Waals surface area contributed by atoms with Crippen LogP contribution in [0.1, 0.15) is 24.0 Å². The Bertz CT molecular complexity index is 514. The van der Waals surface area contributed by atoms with Gasteiger partial charge in [-0.2, -0.15) is 0 Å². The summed E-state index contributed by atoms with van der Waals surface area (Å²) in [6.45, 7) is 0. The second kappa shape index (κ2) is 3.67. The number of nitrogens with one attached hydrogen (secondary N) is 1. The van der Waals surface area contributed by atoms with E-state index in [1.54, 1.807) is 6.20 Å². The predicted molar refractivity (Wildman–Crippen MR) is 65.1 cm³/mol. The maximum atomic E-state index is 5.59. The summed E-state index contributed by atoms with van der Waals surface area (Å²) in [5, 5.41) is 0. The Morgan fingerprint density at radius 2 is 1.94 bits per heavy atom. The first-order chi connectivity index (χ1) is 7.83. The quantitative estimate of drug-likeness (QED) is 0.764. The highest BCUT2D eigenvalue weighted by Gasteiger charge is 2.10. The molecule has 0 fully saturated rings. The molecule has 0 spiro atoms. The third-order valence-corrected chi connectivity index (χ3v) is 3.25. The summed E-state index contributed by atoms with van der Waals surface area (Å²) in [4.78, 5) is 7.09. The molecule has 1 aliphatic rings. The van der Waals surface area contributed by atoms with E-state index in [0.29, 0.717) is 5.95 Å². The van der Waals surface area contributed by atoms with Gasteiger partial charge >= 0.3 is 0 Å². The van der Waals surface area contributed by atoms with Gasteiger partial charge in [0.15, 0.2) is 5.95 Å². The van der Waals surface area contributed by atoms with E-state index in [0.717, 1.165) is 5.69 Å². The summed E-state index contributed by atoms with van der Waals surface area (Å²) >= 11 is 0. The maximum absolute atomic E-state index is 5.59. The molecule has 16 heavy (non-hydrogen) atoms. The number of nitrogens with two attached hydrogens (primary N) is 1. The van der Waals surface area contributed by atoms with Gasteiger partial charge in [0.25, 0.3) is 0 Å². The Morgan fingerprint density at radius 3 is 2.69 bits per heavy atom. The van der Waals surface area contributed by atoms with E-state index in [1.807, 2.05) is 0 Å². The van der Waals surface area contributed by atoms with Crippen molar-refractivity contribution in [2.45, 2.75) is 25.7 Å². The van der Waals surface area contributed by atoms with Gasteiger partial charge in [-0.3, -0.25) is 0 Å². The second-order valence-corrected chi connectivity index (χ2v) is 4.37. The minimum Gasteiger partial charge on any atom is -0.369 e. The van der Waals surface area contributed by atoms with Crippen LogP contribution in [0.3, 0.4) is 0 Å². The molecule has 3 heteroatoms. The Kier molecular flexibility index (Phi) is 2.17. The average molecular weight is 213 g/mol. The number of H-pyrrole nitrogens is 1. The molecule has 0 bridgehead atoms. The van der Waals surface area contributed by atoms with Crippen molar-refractivity contribution in [1.29, 1.82) is 0 Å². The van der Waals surface area contributed by atoms with E-state index in [1.165, 1.54) is 42.4 Å². The van der Waals surface area contributed by atoms with Crippen molar-refractivity contribution in [3.05, 3.63) is 35.5 Å². The van der Waals surface area contributed by atoms with E-state index in [-0.39, 0.29) is 0 Å². The molecule has 0 amide bonds. The van der Waals surface area contributed by atoms with Crippen molar-refractivity contribution in [3.8, 4) is 11.3 Å². The van der Waals surface area contributed by atoms with Crippen molar-refractivity contribution in [2.75, 3.05) is 5.73 Å². The average Bonchev–Trinajstić information content (AvgIpc) is 2.75. The number of hydrogen-bond donors (Lipinski definition) is 2. The van der Waals surface area contributed by atoms with Gasteiger partial charge in [0, 0.05) is 0 Å². The number of fused-ring (bicyclic) bond motifs is 1. The first-order valence-electron chi connectivity index (χ1n) is 5.75. The molecule has 1 aromatic heterocycles. The van der Waals surface area contributed by atoms with Crippen molar-refractivity contribution in [1.82, 2.24) is 9.97 Å². The number of hydrogen-bond acceptors (Lipinski definition) is 2. The van der Waals surface area contributed by atoms with Crippen LogP contribution >= 0.6 is 0 Å². The molecule has 1 aromatic carbocycles. The van der Waals surface area contributed by atoms with Gasteiger partial charge in [-0.15, -0.1) is 0 Å². The summed E-state index contributed by atoms with van der Waals surface area (Å²) in [5.41, 5.74) is 10.8. The fraction of sp³-hybridized carbons (Fsp3) is 0.308. The van der Waals surface area contributed by atoms with Gasteiger partial charge in [0.05, 0.1) is 11.9 Å². The van der Waals surface area contributed by atoms with Crippen LogP contribution in [0.25, 0.3) is 11.3 Å².